The number of morpholine rings is 1. The zero-order chi connectivity index (χ0) is 21.8. The van der Waals surface area contributed by atoms with Crippen LogP contribution in [0.1, 0.15) is 21.6 Å². The molecule has 2 heterocycles. The summed E-state index contributed by atoms with van der Waals surface area (Å²) in [4.78, 5) is 17.5. The maximum atomic E-state index is 12.9. The Hall–Kier alpha value is -2.59. The maximum absolute atomic E-state index is 12.9. The van der Waals surface area contributed by atoms with Crippen molar-refractivity contribution in [1.82, 2.24) is 14.6 Å². The number of sulfonamides is 1. The zero-order valence-electron chi connectivity index (χ0n) is 17.1. The molecule has 1 fully saturated rings. The summed E-state index contributed by atoms with van der Waals surface area (Å²) in [6, 6.07) is 14.5. The minimum Gasteiger partial charge on any atom is -0.379 e. The number of carbonyl (C=O) groups excluding carboxylic acids is 1. The Labute approximate surface area is 185 Å². The molecule has 1 saturated heterocycles. The number of nitrogens with zero attached hydrogens (tertiary/aromatic N) is 2. The molecular formula is C22H23N3O4S2. The normalized spacial score (nSPS) is 15.0. The van der Waals surface area contributed by atoms with E-state index >= 15 is 0 Å². The number of aromatic nitrogens is 1. The molecule has 1 aliphatic heterocycles. The van der Waals surface area contributed by atoms with E-state index in [0.717, 1.165) is 16.3 Å². The van der Waals surface area contributed by atoms with E-state index in [1.54, 1.807) is 19.1 Å². The molecule has 1 N–H and O–H groups in total. The standard InChI is InChI=1S/C22H23N3O4S2/c1-16-7-8-19(31(27,28)25-9-11-29-12-10-25)13-20(16)21(26)23-14-18-15-30-22(24-18)17-5-3-2-4-6-17/h2-8,13,15H,9-12,14H2,1H3,(H,23,26). The number of carbonyl (C=O) groups is 1. The first-order chi connectivity index (χ1) is 14.9. The number of hydrogen-bond donors (Lipinski definition) is 1. The first-order valence-corrected chi connectivity index (χ1v) is 12.2. The van der Waals surface area contributed by atoms with Crippen LogP contribution in [0.4, 0.5) is 0 Å². The molecule has 0 atom stereocenters. The number of amides is 1. The third-order valence-electron chi connectivity index (χ3n) is 5.06. The summed E-state index contributed by atoms with van der Waals surface area (Å²) in [6.45, 7) is 3.42. The van der Waals surface area contributed by atoms with E-state index in [9.17, 15) is 13.2 Å². The van der Waals surface area contributed by atoms with Gasteiger partial charge in [-0.05, 0) is 24.6 Å². The second-order valence-corrected chi connectivity index (χ2v) is 9.98. The molecule has 9 heteroatoms. The van der Waals surface area contributed by atoms with Gasteiger partial charge in [-0.15, -0.1) is 11.3 Å². The van der Waals surface area contributed by atoms with Gasteiger partial charge in [0.2, 0.25) is 10.0 Å². The highest BCUT2D eigenvalue weighted by Crippen LogP contribution is 2.24. The van der Waals surface area contributed by atoms with Crippen molar-refractivity contribution in [2.45, 2.75) is 18.4 Å². The molecule has 162 valence electrons. The first-order valence-electron chi connectivity index (χ1n) is 9.92. The minimum atomic E-state index is -3.67. The zero-order valence-corrected chi connectivity index (χ0v) is 18.7. The van der Waals surface area contributed by atoms with E-state index in [0.29, 0.717) is 37.4 Å². The van der Waals surface area contributed by atoms with Gasteiger partial charge in [-0.2, -0.15) is 4.31 Å². The lowest BCUT2D eigenvalue weighted by atomic mass is 10.1. The van der Waals surface area contributed by atoms with Gasteiger partial charge in [0.05, 0.1) is 30.3 Å². The highest BCUT2D eigenvalue weighted by molar-refractivity contribution is 7.89. The average molecular weight is 458 g/mol. The van der Waals surface area contributed by atoms with Crippen LogP contribution in [0.3, 0.4) is 0 Å². The van der Waals surface area contributed by atoms with Crippen LogP contribution in [0, 0.1) is 6.92 Å². The van der Waals surface area contributed by atoms with Crippen LogP contribution >= 0.6 is 11.3 Å². The highest BCUT2D eigenvalue weighted by atomic mass is 32.2. The Bertz CT molecular complexity index is 1170. The van der Waals surface area contributed by atoms with E-state index in [2.05, 4.69) is 10.3 Å². The molecule has 0 spiro atoms. The summed E-state index contributed by atoms with van der Waals surface area (Å²) >= 11 is 1.52. The van der Waals surface area contributed by atoms with Crippen LogP contribution in [0.15, 0.2) is 58.8 Å². The Morgan fingerprint density at radius 2 is 1.90 bits per heavy atom. The topological polar surface area (TPSA) is 88.6 Å². The fourth-order valence-corrected chi connectivity index (χ4v) is 5.57. The molecule has 0 radical (unpaired) electrons. The SMILES string of the molecule is Cc1ccc(S(=O)(=O)N2CCOCC2)cc1C(=O)NCc1csc(-c2ccccc2)n1. The van der Waals surface area contributed by atoms with Gasteiger partial charge in [0, 0.05) is 29.6 Å². The van der Waals surface area contributed by atoms with Gasteiger partial charge < -0.3 is 10.1 Å². The number of hydrogen-bond acceptors (Lipinski definition) is 6. The fraction of sp³-hybridized carbons (Fsp3) is 0.273. The smallest absolute Gasteiger partial charge is 0.251 e. The molecule has 3 aromatic rings. The Kier molecular flexibility index (Phi) is 6.47. The molecule has 1 aromatic heterocycles. The largest absolute Gasteiger partial charge is 0.379 e. The number of benzene rings is 2. The van der Waals surface area contributed by atoms with Crippen LogP contribution in [0.25, 0.3) is 10.6 Å². The van der Waals surface area contributed by atoms with E-state index in [-0.39, 0.29) is 17.3 Å². The predicted octanol–water partition coefficient (Wildman–Crippen LogP) is 3.07. The van der Waals surface area contributed by atoms with Gasteiger partial charge in [-0.3, -0.25) is 4.79 Å². The number of thiazole rings is 1. The Morgan fingerprint density at radius 1 is 1.16 bits per heavy atom. The lowest BCUT2D eigenvalue weighted by Gasteiger charge is -2.26. The minimum absolute atomic E-state index is 0.116. The summed E-state index contributed by atoms with van der Waals surface area (Å²) in [6.07, 6.45) is 0. The van der Waals surface area contributed by atoms with Gasteiger partial charge >= 0.3 is 0 Å². The van der Waals surface area contributed by atoms with Crippen molar-refractivity contribution < 1.29 is 17.9 Å². The van der Waals surface area contributed by atoms with Gasteiger partial charge in [-0.25, -0.2) is 13.4 Å². The fourth-order valence-electron chi connectivity index (χ4n) is 3.31. The maximum Gasteiger partial charge on any atom is 0.251 e. The highest BCUT2D eigenvalue weighted by Gasteiger charge is 2.27. The van der Waals surface area contributed by atoms with Gasteiger partial charge in [0.1, 0.15) is 5.01 Å². The second-order valence-electron chi connectivity index (χ2n) is 7.19. The van der Waals surface area contributed by atoms with Crippen molar-refractivity contribution in [3.63, 3.8) is 0 Å². The number of ether oxygens (including phenoxy) is 1. The summed E-state index contributed by atoms with van der Waals surface area (Å²) in [7, 11) is -3.67. The van der Waals surface area contributed by atoms with E-state index in [1.165, 1.54) is 21.7 Å². The Balaban J connectivity index is 1.47. The molecular weight excluding hydrogens is 434 g/mol. The molecule has 1 amide bonds. The molecule has 0 saturated carbocycles. The van der Waals surface area contributed by atoms with Crippen LogP contribution in [-0.2, 0) is 21.3 Å². The monoisotopic (exact) mass is 457 g/mol. The van der Waals surface area contributed by atoms with Crippen molar-refractivity contribution >= 4 is 27.3 Å². The average Bonchev–Trinajstić information content (AvgIpc) is 3.28. The molecule has 1 aliphatic rings. The molecule has 0 aliphatic carbocycles. The van der Waals surface area contributed by atoms with Gasteiger partial charge in [0.15, 0.2) is 0 Å². The van der Waals surface area contributed by atoms with E-state index in [1.807, 2.05) is 35.7 Å². The van der Waals surface area contributed by atoms with Crippen LogP contribution in [0.2, 0.25) is 0 Å². The van der Waals surface area contributed by atoms with E-state index in [4.69, 9.17) is 4.74 Å². The van der Waals surface area contributed by atoms with Gasteiger partial charge in [0.25, 0.3) is 5.91 Å². The summed E-state index contributed by atoms with van der Waals surface area (Å²) in [5.74, 6) is -0.328. The quantitative estimate of drug-likeness (QED) is 0.615. The lowest BCUT2D eigenvalue weighted by molar-refractivity contribution is 0.0730. The summed E-state index contributed by atoms with van der Waals surface area (Å²) in [5.41, 5.74) is 2.84. The molecule has 4 rings (SSSR count). The predicted molar refractivity (Wildman–Crippen MR) is 119 cm³/mol. The van der Waals surface area contributed by atoms with Crippen LogP contribution in [-0.4, -0.2) is 49.9 Å². The summed E-state index contributed by atoms with van der Waals surface area (Å²) in [5, 5.41) is 5.66. The third kappa shape index (κ3) is 4.85. The molecule has 2 aromatic carbocycles. The lowest BCUT2D eigenvalue weighted by Crippen LogP contribution is -2.40. The summed E-state index contributed by atoms with van der Waals surface area (Å²) < 4.78 is 32.5. The van der Waals surface area contributed by atoms with Crippen LogP contribution < -0.4 is 5.32 Å². The first kappa shape index (κ1) is 21.6. The van der Waals surface area contributed by atoms with Crippen molar-refractivity contribution in [2.75, 3.05) is 26.3 Å². The van der Waals surface area contributed by atoms with Crippen LogP contribution in [0.5, 0.6) is 0 Å². The van der Waals surface area contributed by atoms with E-state index < -0.39 is 10.0 Å². The molecule has 31 heavy (non-hydrogen) atoms. The third-order valence-corrected chi connectivity index (χ3v) is 7.90. The second kappa shape index (κ2) is 9.27. The van der Waals surface area contributed by atoms with Gasteiger partial charge in [-0.1, -0.05) is 36.4 Å². The molecule has 0 bridgehead atoms. The van der Waals surface area contributed by atoms with Crippen molar-refractivity contribution in [2.24, 2.45) is 0 Å². The Morgan fingerprint density at radius 3 is 2.65 bits per heavy atom. The van der Waals surface area contributed by atoms with Crippen molar-refractivity contribution in [3.8, 4) is 10.6 Å². The van der Waals surface area contributed by atoms with Crippen molar-refractivity contribution in [1.29, 1.82) is 0 Å². The molecule has 0 unspecified atom stereocenters. The molecule has 7 nitrogen and oxygen atoms in total. The number of nitrogens with one attached hydrogen (secondary N) is 1. The van der Waals surface area contributed by atoms with Crippen molar-refractivity contribution in [3.05, 3.63) is 70.7 Å². The number of aryl methyl sites for hydroxylation is 1. The number of rotatable bonds is 6.